The first-order chi connectivity index (χ1) is 19.6. The van der Waals surface area contributed by atoms with Crippen LogP contribution in [-0.2, 0) is 0 Å². The summed E-state index contributed by atoms with van der Waals surface area (Å²) in [6.45, 7) is 4.25. The van der Waals surface area contributed by atoms with Crippen molar-refractivity contribution in [2.24, 2.45) is 0 Å². The van der Waals surface area contributed by atoms with Crippen molar-refractivity contribution < 1.29 is 19.1 Å². The number of hydrogen-bond acceptors (Lipinski definition) is 4. The molecule has 0 saturated carbocycles. The summed E-state index contributed by atoms with van der Waals surface area (Å²) in [5.74, 6) is 23.0. The topological polar surface area (TPSA) is 52.6 Å². The van der Waals surface area contributed by atoms with E-state index in [1.165, 1.54) is 24.3 Å². The Morgan fingerprint density at radius 2 is 0.925 bits per heavy atom. The van der Waals surface area contributed by atoms with Crippen LogP contribution in [0.3, 0.4) is 0 Å². The Bertz CT molecular complexity index is 1410. The van der Waals surface area contributed by atoms with E-state index in [2.05, 4.69) is 61.2 Å². The molecule has 0 radical (unpaired) electrons. The lowest BCUT2D eigenvalue weighted by atomic mass is 10.1. The summed E-state index contributed by atoms with van der Waals surface area (Å²) in [6.07, 6.45) is 6.07. The largest absolute Gasteiger partial charge is 0.423 e. The molecule has 3 rings (SSSR count). The van der Waals surface area contributed by atoms with Gasteiger partial charge >= 0.3 is 11.9 Å². The van der Waals surface area contributed by atoms with Crippen LogP contribution in [0, 0.1) is 47.4 Å². The third-order valence-corrected chi connectivity index (χ3v) is 5.51. The molecule has 4 heteroatoms. The van der Waals surface area contributed by atoms with Crippen LogP contribution in [0.25, 0.3) is 0 Å². The van der Waals surface area contributed by atoms with E-state index >= 15 is 0 Å². The van der Waals surface area contributed by atoms with Crippen LogP contribution in [0.4, 0.5) is 0 Å². The predicted octanol–water partition coefficient (Wildman–Crippen LogP) is 7.22. The average Bonchev–Trinajstić information content (AvgIpc) is 2.98. The SMILES string of the molecule is CCCCC#CC#Cc1ccc(OC(=O)c2ccc(C(=O)Oc3ccc(C#CC#CCCCC)cc3)cc2)cc1. The first-order valence-electron chi connectivity index (χ1n) is 13.3. The maximum absolute atomic E-state index is 12.5. The Balaban J connectivity index is 1.51. The molecule has 3 aromatic rings. The zero-order valence-corrected chi connectivity index (χ0v) is 22.8. The molecule has 0 aliphatic heterocycles. The molecule has 0 aromatic heterocycles. The number of esters is 2. The fourth-order valence-electron chi connectivity index (χ4n) is 3.24. The minimum atomic E-state index is -0.535. The normalized spacial score (nSPS) is 9.25. The van der Waals surface area contributed by atoms with Gasteiger partial charge in [0.05, 0.1) is 11.1 Å². The van der Waals surface area contributed by atoms with Crippen LogP contribution >= 0.6 is 0 Å². The van der Waals surface area contributed by atoms with Crippen molar-refractivity contribution in [1.82, 2.24) is 0 Å². The van der Waals surface area contributed by atoms with Crippen LogP contribution < -0.4 is 9.47 Å². The molecule has 0 fully saturated rings. The number of unbranched alkanes of at least 4 members (excludes halogenated alkanes) is 4. The number of benzene rings is 3. The van der Waals surface area contributed by atoms with Gasteiger partial charge in [0, 0.05) is 24.0 Å². The summed E-state index contributed by atoms with van der Waals surface area (Å²) in [4.78, 5) is 25.1. The van der Waals surface area contributed by atoms with Crippen LogP contribution in [0.2, 0.25) is 0 Å². The highest BCUT2D eigenvalue weighted by molar-refractivity contribution is 5.94. The standard InChI is InChI=1S/C36H30O4/c1-3-5-7-9-11-13-15-29-17-25-33(26-18-29)39-35(37)31-21-23-32(24-22-31)36(38)40-34-27-19-30(20-28-34)16-14-12-10-8-6-4-2/h17-28H,3-8H2,1-2H3. The maximum atomic E-state index is 12.5. The van der Waals surface area contributed by atoms with Gasteiger partial charge in [0.2, 0.25) is 0 Å². The van der Waals surface area contributed by atoms with E-state index < -0.39 is 11.9 Å². The van der Waals surface area contributed by atoms with E-state index in [0.717, 1.165) is 49.7 Å². The van der Waals surface area contributed by atoms with Crippen molar-refractivity contribution in [3.8, 4) is 58.9 Å². The first kappa shape index (κ1) is 29.4. The van der Waals surface area contributed by atoms with E-state index in [1.807, 2.05) is 0 Å². The molecule has 0 atom stereocenters. The zero-order chi connectivity index (χ0) is 28.4. The summed E-state index contributed by atoms with van der Waals surface area (Å²) in [6, 6.07) is 19.9. The molecular formula is C36H30O4. The van der Waals surface area contributed by atoms with Crippen molar-refractivity contribution in [1.29, 1.82) is 0 Å². The second-order valence-corrected chi connectivity index (χ2v) is 8.72. The molecular weight excluding hydrogens is 496 g/mol. The summed E-state index contributed by atoms with van der Waals surface area (Å²) in [5, 5.41) is 0. The fraction of sp³-hybridized carbons (Fsp3) is 0.222. The minimum absolute atomic E-state index is 0.309. The summed E-state index contributed by atoms with van der Waals surface area (Å²) in [7, 11) is 0. The lowest BCUT2D eigenvalue weighted by Gasteiger charge is -2.06. The van der Waals surface area contributed by atoms with Gasteiger partial charge in [-0.2, -0.15) is 0 Å². The lowest BCUT2D eigenvalue weighted by Crippen LogP contribution is -2.11. The van der Waals surface area contributed by atoms with E-state index in [0.29, 0.717) is 22.6 Å². The molecule has 0 bridgehead atoms. The molecule has 4 nitrogen and oxygen atoms in total. The van der Waals surface area contributed by atoms with Gasteiger partial charge < -0.3 is 9.47 Å². The maximum Gasteiger partial charge on any atom is 0.343 e. The molecule has 0 unspecified atom stereocenters. The van der Waals surface area contributed by atoms with Gasteiger partial charge in [-0.25, -0.2) is 9.59 Å². The number of ether oxygens (including phenoxy) is 2. The molecule has 0 aliphatic rings. The van der Waals surface area contributed by atoms with Crippen LogP contribution in [0.5, 0.6) is 11.5 Å². The fourth-order valence-corrected chi connectivity index (χ4v) is 3.24. The molecule has 198 valence electrons. The van der Waals surface area contributed by atoms with Crippen molar-refractivity contribution in [3.05, 3.63) is 95.1 Å². The third-order valence-electron chi connectivity index (χ3n) is 5.51. The van der Waals surface area contributed by atoms with E-state index in [-0.39, 0.29) is 0 Å². The third kappa shape index (κ3) is 10.3. The molecule has 0 spiro atoms. The first-order valence-corrected chi connectivity index (χ1v) is 13.3. The Hall–Kier alpha value is -5.16. The highest BCUT2D eigenvalue weighted by atomic mass is 16.5. The van der Waals surface area contributed by atoms with Gasteiger partial charge in [-0.15, -0.1) is 0 Å². The van der Waals surface area contributed by atoms with Crippen molar-refractivity contribution in [2.45, 2.75) is 52.4 Å². The average molecular weight is 527 g/mol. The minimum Gasteiger partial charge on any atom is -0.423 e. The smallest absolute Gasteiger partial charge is 0.343 e. The van der Waals surface area contributed by atoms with Gasteiger partial charge in [-0.05, 0) is 109 Å². The highest BCUT2D eigenvalue weighted by Crippen LogP contribution is 2.17. The monoisotopic (exact) mass is 526 g/mol. The van der Waals surface area contributed by atoms with Crippen LogP contribution in [0.1, 0.15) is 84.2 Å². The zero-order valence-electron chi connectivity index (χ0n) is 22.8. The molecule has 0 amide bonds. The van der Waals surface area contributed by atoms with Crippen molar-refractivity contribution in [3.63, 3.8) is 0 Å². The summed E-state index contributed by atoms with van der Waals surface area (Å²) < 4.78 is 10.9. The predicted molar refractivity (Wildman–Crippen MR) is 158 cm³/mol. The van der Waals surface area contributed by atoms with Gasteiger partial charge in [0.1, 0.15) is 11.5 Å². The molecule has 40 heavy (non-hydrogen) atoms. The highest BCUT2D eigenvalue weighted by Gasteiger charge is 2.12. The second kappa shape index (κ2) is 16.6. The summed E-state index contributed by atoms with van der Waals surface area (Å²) in [5.41, 5.74) is 2.18. The Labute approximate surface area is 237 Å². The molecule has 0 saturated heterocycles. The van der Waals surface area contributed by atoms with Crippen molar-refractivity contribution >= 4 is 11.9 Å². The number of carbonyl (C=O) groups excluding carboxylic acids is 2. The van der Waals surface area contributed by atoms with Crippen LogP contribution in [0.15, 0.2) is 72.8 Å². The second-order valence-electron chi connectivity index (χ2n) is 8.72. The van der Waals surface area contributed by atoms with Crippen LogP contribution in [-0.4, -0.2) is 11.9 Å². The molecule has 0 N–H and O–H groups in total. The van der Waals surface area contributed by atoms with Gasteiger partial charge in [-0.1, -0.05) is 50.4 Å². The van der Waals surface area contributed by atoms with E-state index in [1.54, 1.807) is 48.5 Å². The van der Waals surface area contributed by atoms with E-state index in [4.69, 9.17) is 9.47 Å². The Morgan fingerprint density at radius 3 is 1.27 bits per heavy atom. The quantitative estimate of drug-likeness (QED) is 0.135. The van der Waals surface area contributed by atoms with E-state index in [9.17, 15) is 9.59 Å². The Kier molecular flexibility index (Phi) is 12.2. The molecule has 0 aliphatic carbocycles. The Morgan fingerprint density at radius 1 is 0.550 bits per heavy atom. The molecule has 3 aromatic carbocycles. The summed E-state index contributed by atoms with van der Waals surface area (Å²) >= 11 is 0. The number of carbonyl (C=O) groups is 2. The van der Waals surface area contributed by atoms with Gasteiger partial charge in [0.25, 0.3) is 0 Å². The molecule has 0 heterocycles. The van der Waals surface area contributed by atoms with Gasteiger partial charge in [0.15, 0.2) is 0 Å². The number of rotatable bonds is 8. The lowest BCUT2D eigenvalue weighted by molar-refractivity contribution is 0.0720. The van der Waals surface area contributed by atoms with Gasteiger partial charge in [-0.3, -0.25) is 0 Å². The number of hydrogen-bond donors (Lipinski definition) is 0. The van der Waals surface area contributed by atoms with Crippen molar-refractivity contribution in [2.75, 3.05) is 0 Å².